The Morgan fingerprint density at radius 3 is 1.87 bits per heavy atom. The molecule has 0 saturated carbocycles. The van der Waals surface area contributed by atoms with Crippen molar-refractivity contribution >= 4 is 55.8 Å². The molecule has 0 saturated heterocycles. The molecule has 16 nitrogen and oxygen atoms in total. The number of anilines is 2. The first-order valence-corrected chi connectivity index (χ1v) is 19.4. The van der Waals surface area contributed by atoms with Gasteiger partial charge in [-0.25, -0.2) is 4.99 Å². The minimum Gasteiger partial charge on any atom is -0.502 e. The van der Waals surface area contributed by atoms with Crippen molar-refractivity contribution in [2.45, 2.75) is 32.6 Å². The normalized spacial score (nSPS) is 12.2. The Morgan fingerprint density at radius 1 is 0.820 bits per heavy atom. The summed E-state index contributed by atoms with van der Waals surface area (Å²) in [5, 5.41) is 43.2. The average molecular weight is 845 g/mol. The Morgan fingerprint density at radius 2 is 1.39 bits per heavy atom. The Balaban J connectivity index is 0.000000336. The van der Waals surface area contributed by atoms with Crippen molar-refractivity contribution in [1.29, 1.82) is 10.5 Å². The van der Waals surface area contributed by atoms with Crippen molar-refractivity contribution in [3.63, 3.8) is 0 Å². The molecule has 5 rings (SSSR count). The van der Waals surface area contributed by atoms with Crippen LogP contribution in [0.4, 0.5) is 17.1 Å². The van der Waals surface area contributed by atoms with E-state index in [-0.39, 0.29) is 22.1 Å². The monoisotopic (exact) mass is 844 g/mol. The zero-order valence-corrected chi connectivity index (χ0v) is 35.0. The molecule has 0 spiro atoms. The Bertz CT molecular complexity index is 2700. The number of phenolic OH excluding ortho intramolecular Hbond substituents is 1. The van der Waals surface area contributed by atoms with E-state index in [9.17, 15) is 29.1 Å². The lowest BCUT2D eigenvalue weighted by molar-refractivity contribution is -0.385. The second-order valence-electron chi connectivity index (χ2n) is 12.8. The van der Waals surface area contributed by atoms with Crippen LogP contribution in [0.15, 0.2) is 153 Å². The number of nitrogens with two attached hydrogens (primary N) is 5. The van der Waals surface area contributed by atoms with Crippen LogP contribution in [0.5, 0.6) is 5.75 Å². The van der Waals surface area contributed by atoms with E-state index < -0.39 is 20.8 Å². The van der Waals surface area contributed by atoms with E-state index in [2.05, 4.69) is 34.9 Å². The molecular formula is C44H48N10O6S. The summed E-state index contributed by atoms with van der Waals surface area (Å²) in [7, 11) is -2.78. The van der Waals surface area contributed by atoms with Crippen LogP contribution in [0, 0.1) is 39.7 Å². The molecule has 0 aliphatic rings. The highest BCUT2D eigenvalue weighted by Gasteiger charge is 2.15. The molecule has 5 aromatic rings. The second kappa shape index (κ2) is 22.8. The molecule has 5 aromatic carbocycles. The summed E-state index contributed by atoms with van der Waals surface area (Å²) >= 11 is 0. The summed E-state index contributed by atoms with van der Waals surface area (Å²) in [5.41, 5.74) is 34.2. The van der Waals surface area contributed by atoms with Gasteiger partial charge in [-0.3, -0.25) is 14.7 Å². The maximum atomic E-state index is 11.1. The van der Waals surface area contributed by atoms with E-state index in [1.165, 1.54) is 37.4 Å². The molecule has 13 N–H and O–H groups in total. The first-order chi connectivity index (χ1) is 28.8. The van der Waals surface area contributed by atoms with Gasteiger partial charge in [-0.1, -0.05) is 66.2 Å². The molecule has 0 aliphatic carbocycles. The van der Waals surface area contributed by atoms with Gasteiger partial charge in [-0.2, -0.15) is 18.9 Å². The van der Waals surface area contributed by atoms with Crippen LogP contribution in [0.25, 0.3) is 21.9 Å². The number of nitrogen functional groups attached to an aromatic ring is 1. The minimum absolute atomic E-state index is 0.219. The molecule has 0 radical (unpaired) electrons. The van der Waals surface area contributed by atoms with Crippen molar-refractivity contribution in [1.82, 2.24) is 0 Å². The van der Waals surface area contributed by atoms with Gasteiger partial charge in [0.15, 0.2) is 11.6 Å². The van der Waals surface area contributed by atoms with Gasteiger partial charge in [0, 0.05) is 40.5 Å². The lowest BCUT2D eigenvalue weighted by atomic mass is 9.94. The predicted molar refractivity (Wildman–Crippen MR) is 243 cm³/mol. The van der Waals surface area contributed by atoms with Gasteiger partial charge in [0.1, 0.15) is 12.1 Å². The predicted octanol–water partition coefficient (Wildman–Crippen LogP) is 7.22. The smallest absolute Gasteiger partial charge is 0.310 e. The highest BCUT2D eigenvalue weighted by atomic mass is 32.2. The number of benzene rings is 5. The topological polar surface area (TPSA) is 320 Å². The van der Waals surface area contributed by atoms with Crippen molar-refractivity contribution in [3.05, 3.63) is 170 Å². The molecule has 316 valence electrons. The largest absolute Gasteiger partial charge is 0.502 e. The number of allylic oxidation sites excluding steroid dienone is 6. The third kappa shape index (κ3) is 13.8. The van der Waals surface area contributed by atoms with Crippen LogP contribution < -0.4 is 34.0 Å². The van der Waals surface area contributed by atoms with Crippen LogP contribution in [0.3, 0.4) is 0 Å². The maximum absolute atomic E-state index is 11.1. The molecule has 0 atom stereocenters. The quantitative estimate of drug-likeness (QED) is 0.0138. The summed E-state index contributed by atoms with van der Waals surface area (Å²) in [6.45, 7) is 10.7. The summed E-state index contributed by atoms with van der Waals surface area (Å²) in [6, 6.07) is 34.9. The fourth-order valence-corrected chi connectivity index (χ4v) is 5.87. The van der Waals surface area contributed by atoms with Gasteiger partial charge in [0.25, 0.3) is 10.1 Å². The maximum Gasteiger partial charge on any atom is 0.310 e. The van der Waals surface area contributed by atoms with E-state index in [0.29, 0.717) is 45.1 Å². The van der Waals surface area contributed by atoms with Crippen LogP contribution in [-0.4, -0.2) is 36.8 Å². The summed E-state index contributed by atoms with van der Waals surface area (Å²) in [5.74, 6) is -0.188. The SMILES string of the molecule is C/C(N)=C(C#N)\C(=C(/C)N)c1ccc2ccccc2c1.C=N/C(Nc1ccc(S(=O)(=O)O)cc1)=C(N)\C(C)=C(\C#N)c1ccc(C)cc1.CN.Nc1ccc([N+](=O)[O-])c(O)c1. The van der Waals surface area contributed by atoms with Crippen molar-refractivity contribution in [2.24, 2.45) is 27.9 Å². The average Bonchev–Trinajstić information content (AvgIpc) is 3.23. The van der Waals surface area contributed by atoms with E-state index in [1.54, 1.807) is 20.8 Å². The van der Waals surface area contributed by atoms with Crippen LogP contribution in [-0.2, 0) is 10.1 Å². The number of nitro groups is 1. The number of aliphatic imine (C=N–C) groups is 1. The Labute approximate surface area is 354 Å². The van der Waals surface area contributed by atoms with E-state index >= 15 is 0 Å². The molecule has 0 amide bonds. The van der Waals surface area contributed by atoms with Gasteiger partial charge >= 0.3 is 5.69 Å². The number of fused-ring (bicyclic) bond motifs is 1. The number of nitro benzene ring substituents is 1. The summed E-state index contributed by atoms with van der Waals surface area (Å²) < 4.78 is 31.3. The number of nitrogens with one attached hydrogen (secondary N) is 1. The van der Waals surface area contributed by atoms with E-state index in [0.717, 1.165) is 39.6 Å². The standard InChI is InChI=1S/C20H20N4O3S.C17H17N3.C6H6N2O3.CH5N/c1-13-4-6-15(7-5-13)18(12-21)14(2)19(22)20(23-3)24-16-8-10-17(11-9-16)28(25,26)27;1-11(19)16(10-18)17(12(2)20)15-8-7-13-5-3-4-6-14(13)9-15;7-4-1-2-5(8(10)11)6(9)3-4;1-2/h4-11,24H,3,22H2,1-2H3,(H,25,26,27);3-9H,19-20H2,1-2H3;1-3,9H,7H2;2H2,1H3/b18-14-,20-19-;16-11+,17-12+;;. The number of nitriles is 2. The first-order valence-electron chi connectivity index (χ1n) is 17.9. The van der Waals surface area contributed by atoms with Gasteiger partial charge in [0.2, 0.25) is 0 Å². The summed E-state index contributed by atoms with van der Waals surface area (Å²) in [6.07, 6.45) is 0. The lowest BCUT2D eigenvalue weighted by Crippen LogP contribution is -2.11. The molecule has 0 fully saturated rings. The number of aromatic hydroxyl groups is 1. The van der Waals surface area contributed by atoms with Crippen LogP contribution >= 0.6 is 0 Å². The molecular weight excluding hydrogens is 797 g/mol. The van der Waals surface area contributed by atoms with E-state index in [4.69, 9.17) is 32.6 Å². The highest BCUT2D eigenvalue weighted by molar-refractivity contribution is 7.85. The van der Waals surface area contributed by atoms with Gasteiger partial charge in [-0.05, 0) is 105 Å². The second-order valence-corrected chi connectivity index (χ2v) is 14.2. The lowest BCUT2D eigenvalue weighted by Gasteiger charge is -2.13. The van der Waals surface area contributed by atoms with Gasteiger partial charge in [0.05, 0.1) is 26.7 Å². The van der Waals surface area contributed by atoms with E-state index in [1.807, 2.05) is 73.7 Å². The van der Waals surface area contributed by atoms with Gasteiger partial charge in [-0.15, -0.1) is 0 Å². The number of rotatable bonds is 9. The molecule has 0 unspecified atom stereocenters. The zero-order chi connectivity index (χ0) is 46.0. The Kier molecular flexibility index (Phi) is 18.4. The fourth-order valence-electron chi connectivity index (χ4n) is 5.39. The summed E-state index contributed by atoms with van der Waals surface area (Å²) in [4.78, 5) is 13.1. The van der Waals surface area contributed by atoms with Crippen LogP contribution in [0.1, 0.15) is 37.5 Å². The number of hydrogen-bond acceptors (Lipinski definition) is 14. The number of nitrogens with zero attached hydrogens (tertiary/aromatic N) is 4. The van der Waals surface area contributed by atoms with Crippen LogP contribution in [0.2, 0.25) is 0 Å². The number of aryl methyl sites for hydroxylation is 1. The minimum atomic E-state index is -4.28. The molecule has 0 heterocycles. The zero-order valence-electron chi connectivity index (χ0n) is 34.2. The molecule has 0 aromatic heterocycles. The number of hydrogen-bond donors (Lipinski definition) is 8. The van der Waals surface area contributed by atoms with Crippen molar-refractivity contribution in [3.8, 4) is 17.9 Å². The Hall–Kier alpha value is -7.96. The highest BCUT2D eigenvalue weighted by Crippen LogP contribution is 2.30. The molecule has 61 heavy (non-hydrogen) atoms. The fraction of sp³-hybridized carbons (Fsp3) is 0.114. The third-order valence-electron chi connectivity index (χ3n) is 8.44. The molecule has 17 heteroatoms. The molecule has 0 aliphatic heterocycles. The third-order valence-corrected chi connectivity index (χ3v) is 9.31. The van der Waals surface area contributed by atoms with Gasteiger partial charge < -0.3 is 39.1 Å². The molecule has 0 bridgehead atoms. The van der Waals surface area contributed by atoms with Crippen molar-refractivity contribution in [2.75, 3.05) is 18.1 Å². The number of phenols is 1. The first kappa shape index (κ1) is 49.2. The van der Waals surface area contributed by atoms with Crippen molar-refractivity contribution < 1.29 is 23.0 Å².